The van der Waals surface area contributed by atoms with Crippen molar-refractivity contribution in [3.63, 3.8) is 0 Å². The van der Waals surface area contributed by atoms with Crippen LogP contribution in [0.3, 0.4) is 0 Å². The molecule has 0 radical (unpaired) electrons. The van der Waals surface area contributed by atoms with E-state index in [2.05, 4.69) is 24.5 Å². The lowest BCUT2D eigenvalue weighted by Gasteiger charge is -2.27. The number of carbonyl (C=O) groups excluding carboxylic acids is 1. The van der Waals surface area contributed by atoms with E-state index < -0.39 is 0 Å². The van der Waals surface area contributed by atoms with E-state index in [1.807, 2.05) is 18.2 Å². The number of urea groups is 1. The van der Waals surface area contributed by atoms with E-state index in [4.69, 9.17) is 9.47 Å². The first-order valence-electron chi connectivity index (χ1n) is 8.23. The number of benzene rings is 1. The quantitative estimate of drug-likeness (QED) is 0.846. The Morgan fingerprint density at radius 1 is 1.17 bits per heavy atom. The fraction of sp³-hybridized carbons (Fsp3) is 0.611. The number of hydrogen-bond donors (Lipinski definition) is 2. The molecular formula is C18H28N2O3. The second-order valence-corrected chi connectivity index (χ2v) is 6.76. The number of amides is 2. The number of rotatable bonds is 6. The van der Waals surface area contributed by atoms with Gasteiger partial charge in [0.25, 0.3) is 0 Å². The summed E-state index contributed by atoms with van der Waals surface area (Å²) in [6, 6.07) is 6.13. The molecule has 1 aliphatic carbocycles. The summed E-state index contributed by atoms with van der Waals surface area (Å²) in [5.41, 5.74) is 0.892. The highest BCUT2D eigenvalue weighted by Gasteiger charge is 2.24. The molecule has 1 fully saturated rings. The minimum absolute atomic E-state index is 0.0783. The molecule has 0 saturated heterocycles. The summed E-state index contributed by atoms with van der Waals surface area (Å²) < 4.78 is 10.6. The van der Waals surface area contributed by atoms with Gasteiger partial charge in [-0.25, -0.2) is 4.79 Å². The Labute approximate surface area is 138 Å². The molecule has 5 heteroatoms. The van der Waals surface area contributed by atoms with Crippen LogP contribution in [0.25, 0.3) is 0 Å². The summed E-state index contributed by atoms with van der Waals surface area (Å²) in [6.07, 6.45) is 4.60. The van der Waals surface area contributed by atoms with Gasteiger partial charge in [0.05, 0.1) is 14.2 Å². The number of methoxy groups -OCH3 is 2. The van der Waals surface area contributed by atoms with Crippen molar-refractivity contribution in [2.75, 3.05) is 20.8 Å². The first-order valence-corrected chi connectivity index (χ1v) is 8.23. The topological polar surface area (TPSA) is 59.6 Å². The second-order valence-electron chi connectivity index (χ2n) is 6.76. The maximum absolute atomic E-state index is 12.0. The van der Waals surface area contributed by atoms with Crippen LogP contribution in [0.4, 0.5) is 4.79 Å². The molecule has 0 heterocycles. The zero-order chi connectivity index (χ0) is 16.9. The van der Waals surface area contributed by atoms with Crippen molar-refractivity contribution in [3.8, 4) is 11.5 Å². The van der Waals surface area contributed by atoms with Crippen LogP contribution in [0.15, 0.2) is 18.2 Å². The van der Waals surface area contributed by atoms with Crippen molar-refractivity contribution in [3.05, 3.63) is 23.8 Å². The summed E-state index contributed by atoms with van der Waals surface area (Å²) >= 11 is 0. The highest BCUT2D eigenvalue weighted by Crippen LogP contribution is 2.32. The summed E-state index contributed by atoms with van der Waals surface area (Å²) in [5, 5.41) is 6.04. The Morgan fingerprint density at radius 2 is 1.83 bits per heavy atom. The molecule has 0 aromatic heterocycles. The van der Waals surface area contributed by atoms with Gasteiger partial charge in [0, 0.05) is 18.0 Å². The van der Waals surface area contributed by atoms with Crippen LogP contribution in [-0.4, -0.2) is 32.8 Å². The van der Waals surface area contributed by atoms with Crippen LogP contribution in [0, 0.1) is 0 Å². The summed E-state index contributed by atoms with van der Waals surface area (Å²) in [7, 11) is 3.25. The van der Waals surface area contributed by atoms with Gasteiger partial charge in [0.15, 0.2) is 11.5 Å². The predicted octanol–water partition coefficient (Wildman–Crippen LogP) is 3.22. The van der Waals surface area contributed by atoms with E-state index in [9.17, 15) is 4.79 Å². The average Bonchev–Trinajstić information content (AvgIpc) is 3.05. The van der Waals surface area contributed by atoms with E-state index >= 15 is 0 Å². The van der Waals surface area contributed by atoms with Gasteiger partial charge in [-0.15, -0.1) is 0 Å². The maximum atomic E-state index is 12.0. The summed E-state index contributed by atoms with van der Waals surface area (Å²) in [5.74, 6) is 1.41. The van der Waals surface area contributed by atoms with Crippen LogP contribution in [0.5, 0.6) is 11.5 Å². The second kappa shape index (κ2) is 7.57. The van der Waals surface area contributed by atoms with E-state index in [0.29, 0.717) is 24.1 Å². The third-order valence-electron chi connectivity index (χ3n) is 4.55. The lowest BCUT2D eigenvalue weighted by molar-refractivity contribution is 0.234. The number of nitrogens with one attached hydrogen (secondary N) is 2. The molecular weight excluding hydrogens is 292 g/mol. The molecule has 0 spiro atoms. The average molecular weight is 320 g/mol. The molecule has 5 nitrogen and oxygen atoms in total. The summed E-state index contributed by atoms with van der Waals surface area (Å²) in [4.78, 5) is 12.0. The SMILES string of the molecule is COc1ccc(C(C)(C)CNC(=O)NC2CCCC2)cc1OC. The Bertz CT molecular complexity index is 537. The Balaban J connectivity index is 1.96. The molecule has 0 bridgehead atoms. The van der Waals surface area contributed by atoms with Gasteiger partial charge < -0.3 is 20.1 Å². The van der Waals surface area contributed by atoms with Gasteiger partial charge in [-0.2, -0.15) is 0 Å². The molecule has 0 atom stereocenters. The van der Waals surface area contributed by atoms with Gasteiger partial charge in [-0.1, -0.05) is 32.8 Å². The van der Waals surface area contributed by atoms with Crippen molar-refractivity contribution in [2.24, 2.45) is 0 Å². The highest BCUT2D eigenvalue weighted by molar-refractivity contribution is 5.74. The molecule has 1 aromatic carbocycles. The van der Waals surface area contributed by atoms with E-state index in [0.717, 1.165) is 18.4 Å². The van der Waals surface area contributed by atoms with Gasteiger partial charge in [0.2, 0.25) is 0 Å². The van der Waals surface area contributed by atoms with Crippen LogP contribution < -0.4 is 20.1 Å². The van der Waals surface area contributed by atoms with Crippen molar-refractivity contribution >= 4 is 6.03 Å². The minimum Gasteiger partial charge on any atom is -0.493 e. The molecule has 2 rings (SSSR count). The smallest absolute Gasteiger partial charge is 0.315 e. The van der Waals surface area contributed by atoms with E-state index in [1.165, 1.54) is 12.8 Å². The molecule has 128 valence electrons. The molecule has 0 aliphatic heterocycles. The molecule has 0 unspecified atom stereocenters. The first-order chi connectivity index (χ1) is 11.0. The fourth-order valence-electron chi connectivity index (χ4n) is 2.97. The maximum Gasteiger partial charge on any atom is 0.315 e. The van der Waals surface area contributed by atoms with Crippen LogP contribution in [-0.2, 0) is 5.41 Å². The normalized spacial score (nSPS) is 15.3. The van der Waals surface area contributed by atoms with Crippen LogP contribution >= 0.6 is 0 Å². The molecule has 2 amide bonds. The Kier molecular flexibility index (Phi) is 5.74. The van der Waals surface area contributed by atoms with E-state index in [-0.39, 0.29) is 11.4 Å². The third kappa shape index (κ3) is 4.53. The molecule has 1 aliphatic rings. The zero-order valence-corrected chi connectivity index (χ0v) is 14.6. The molecule has 23 heavy (non-hydrogen) atoms. The Morgan fingerprint density at radius 3 is 2.43 bits per heavy atom. The first kappa shape index (κ1) is 17.4. The number of ether oxygens (including phenoxy) is 2. The van der Waals surface area contributed by atoms with Gasteiger partial charge >= 0.3 is 6.03 Å². The minimum atomic E-state index is -0.202. The lowest BCUT2D eigenvalue weighted by Crippen LogP contribution is -2.45. The molecule has 2 N–H and O–H groups in total. The largest absolute Gasteiger partial charge is 0.493 e. The zero-order valence-electron chi connectivity index (χ0n) is 14.6. The summed E-state index contributed by atoms with van der Waals surface area (Å²) in [6.45, 7) is 4.76. The van der Waals surface area contributed by atoms with Crippen LogP contribution in [0.1, 0.15) is 45.1 Å². The van der Waals surface area contributed by atoms with Crippen molar-refractivity contribution in [2.45, 2.75) is 51.0 Å². The standard InChI is InChI=1S/C18H28N2O3/c1-18(2,12-19-17(21)20-14-7-5-6-8-14)13-9-10-15(22-3)16(11-13)23-4/h9-11,14H,5-8,12H2,1-4H3,(H2,19,20,21). The number of carbonyl (C=O) groups is 1. The predicted molar refractivity (Wildman–Crippen MR) is 91.4 cm³/mol. The monoisotopic (exact) mass is 320 g/mol. The van der Waals surface area contributed by atoms with Gasteiger partial charge in [0.1, 0.15) is 0 Å². The highest BCUT2D eigenvalue weighted by atomic mass is 16.5. The van der Waals surface area contributed by atoms with Crippen molar-refractivity contribution in [1.82, 2.24) is 10.6 Å². The van der Waals surface area contributed by atoms with Crippen molar-refractivity contribution in [1.29, 1.82) is 0 Å². The number of hydrogen-bond acceptors (Lipinski definition) is 3. The van der Waals surface area contributed by atoms with Crippen LogP contribution in [0.2, 0.25) is 0 Å². The lowest BCUT2D eigenvalue weighted by atomic mass is 9.84. The van der Waals surface area contributed by atoms with Gasteiger partial charge in [-0.3, -0.25) is 0 Å². The molecule has 1 aromatic rings. The van der Waals surface area contributed by atoms with E-state index in [1.54, 1.807) is 14.2 Å². The third-order valence-corrected chi connectivity index (χ3v) is 4.55. The fourth-order valence-corrected chi connectivity index (χ4v) is 2.97. The molecule has 1 saturated carbocycles. The van der Waals surface area contributed by atoms with Gasteiger partial charge in [-0.05, 0) is 30.5 Å². The Hall–Kier alpha value is -1.91. The van der Waals surface area contributed by atoms with Crippen molar-refractivity contribution < 1.29 is 14.3 Å².